The van der Waals surface area contributed by atoms with Crippen molar-refractivity contribution in [1.82, 2.24) is 10.3 Å². The maximum absolute atomic E-state index is 11.3. The largest absolute Gasteiger partial charge is 0.362 e. The number of aromatic amines is 1. The Hall–Kier alpha value is -0.800. The first kappa shape index (κ1) is 12.3. The Balaban J connectivity index is 0.00000112. The predicted octanol–water partition coefficient (Wildman–Crippen LogP) is 1.57. The van der Waals surface area contributed by atoms with Crippen LogP contribution in [0, 0.1) is 6.92 Å². The Kier molecular flexibility index (Phi) is 4.36. The molecule has 0 aromatic carbocycles. The molecule has 0 amide bonds. The van der Waals surface area contributed by atoms with Gasteiger partial charge in [0, 0.05) is 29.4 Å². The average molecular weight is 229 g/mol. The Morgan fingerprint density at radius 2 is 1.93 bits per heavy atom. The summed E-state index contributed by atoms with van der Waals surface area (Å²) in [5.74, 6) is 0.531. The maximum Gasteiger partial charge on any atom is 0.182 e. The summed E-state index contributed by atoms with van der Waals surface area (Å²) < 4.78 is 0. The molecule has 0 atom stereocenters. The molecule has 2 rings (SSSR count). The SMILES string of the molecule is Cc1cc(=O)cc(C2CCNCC2)[nH]1.Cl. The van der Waals surface area contributed by atoms with E-state index in [4.69, 9.17) is 0 Å². The first-order chi connectivity index (χ1) is 6.75. The van der Waals surface area contributed by atoms with Gasteiger partial charge in [-0.05, 0) is 32.9 Å². The monoisotopic (exact) mass is 228 g/mol. The molecular weight excluding hydrogens is 212 g/mol. The van der Waals surface area contributed by atoms with Gasteiger partial charge in [0.2, 0.25) is 0 Å². The second kappa shape index (κ2) is 5.33. The number of hydrogen-bond donors (Lipinski definition) is 2. The molecular formula is C11H17ClN2O. The van der Waals surface area contributed by atoms with Crippen LogP contribution < -0.4 is 10.7 Å². The van der Waals surface area contributed by atoms with Crippen LogP contribution in [0.25, 0.3) is 0 Å². The van der Waals surface area contributed by atoms with Gasteiger partial charge in [0.25, 0.3) is 0 Å². The lowest BCUT2D eigenvalue weighted by Crippen LogP contribution is -2.27. The highest BCUT2D eigenvalue weighted by Gasteiger charge is 2.15. The Bertz CT molecular complexity index is 369. The van der Waals surface area contributed by atoms with E-state index in [2.05, 4.69) is 10.3 Å². The highest BCUT2D eigenvalue weighted by atomic mass is 35.5. The number of nitrogens with one attached hydrogen (secondary N) is 2. The van der Waals surface area contributed by atoms with Crippen LogP contribution >= 0.6 is 12.4 Å². The highest BCUT2D eigenvalue weighted by molar-refractivity contribution is 5.85. The number of rotatable bonds is 1. The van der Waals surface area contributed by atoms with Crippen LogP contribution in [0.15, 0.2) is 16.9 Å². The summed E-state index contributed by atoms with van der Waals surface area (Å²) in [4.78, 5) is 14.6. The lowest BCUT2D eigenvalue weighted by Gasteiger charge is -2.22. The smallest absolute Gasteiger partial charge is 0.182 e. The fraction of sp³-hybridized carbons (Fsp3) is 0.545. The van der Waals surface area contributed by atoms with E-state index in [-0.39, 0.29) is 17.8 Å². The maximum atomic E-state index is 11.3. The standard InChI is InChI=1S/C11H16N2O.ClH/c1-8-6-10(14)7-11(13-8)9-2-4-12-5-3-9;/h6-7,9,12H,2-5H2,1H3,(H,13,14);1H. The second-order valence-electron chi connectivity index (χ2n) is 3.98. The van der Waals surface area contributed by atoms with Gasteiger partial charge in [-0.1, -0.05) is 0 Å². The summed E-state index contributed by atoms with van der Waals surface area (Å²) in [5.41, 5.74) is 2.19. The molecule has 1 aliphatic rings. The molecule has 15 heavy (non-hydrogen) atoms. The quantitative estimate of drug-likeness (QED) is 0.767. The number of halogens is 1. The van der Waals surface area contributed by atoms with Crippen molar-refractivity contribution in [3.8, 4) is 0 Å². The lowest BCUT2D eigenvalue weighted by atomic mass is 9.94. The van der Waals surface area contributed by atoms with Gasteiger partial charge < -0.3 is 10.3 Å². The molecule has 4 heteroatoms. The summed E-state index contributed by atoms with van der Waals surface area (Å²) in [7, 11) is 0. The molecule has 0 radical (unpaired) electrons. The minimum Gasteiger partial charge on any atom is -0.362 e. The Morgan fingerprint density at radius 1 is 1.27 bits per heavy atom. The third-order valence-electron chi connectivity index (χ3n) is 2.78. The fourth-order valence-electron chi connectivity index (χ4n) is 2.06. The number of aromatic nitrogens is 1. The molecule has 1 saturated heterocycles. The van der Waals surface area contributed by atoms with Gasteiger partial charge >= 0.3 is 0 Å². The molecule has 1 aromatic rings. The predicted molar refractivity (Wildman–Crippen MR) is 63.9 cm³/mol. The van der Waals surface area contributed by atoms with Crippen molar-refractivity contribution in [3.63, 3.8) is 0 Å². The number of aryl methyl sites for hydroxylation is 1. The van der Waals surface area contributed by atoms with Gasteiger partial charge in [-0.25, -0.2) is 0 Å². The topological polar surface area (TPSA) is 44.9 Å². The summed E-state index contributed by atoms with van der Waals surface area (Å²) in [5, 5.41) is 3.32. The molecule has 3 nitrogen and oxygen atoms in total. The van der Waals surface area contributed by atoms with E-state index in [1.807, 2.05) is 6.92 Å². The van der Waals surface area contributed by atoms with E-state index < -0.39 is 0 Å². The molecule has 2 N–H and O–H groups in total. The second-order valence-corrected chi connectivity index (χ2v) is 3.98. The van der Waals surface area contributed by atoms with Crippen molar-refractivity contribution in [1.29, 1.82) is 0 Å². The van der Waals surface area contributed by atoms with E-state index in [0.29, 0.717) is 5.92 Å². The zero-order chi connectivity index (χ0) is 9.97. The molecule has 1 aromatic heterocycles. The fourth-order valence-corrected chi connectivity index (χ4v) is 2.06. The number of hydrogen-bond acceptors (Lipinski definition) is 2. The van der Waals surface area contributed by atoms with Gasteiger partial charge in [0.1, 0.15) is 0 Å². The minimum absolute atomic E-state index is 0. The zero-order valence-corrected chi connectivity index (χ0v) is 9.69. The van der Waals surface area contributed by atoms with Gasteiger partial charge in [0.15, 0.2) is 5.43 Å². The molecule has 0 bridgehead atoms. The van der Waals surface area contributed by atoms with Gasteiger partial charge in [0.05, 0.1) is 0 Å². The summed E-state index contributed by atoms with van der Waals surface area (Å²) in [6.45, 7) is 4.05. The lowest BCUT2D eigenvalue weighted by molar-refractivity contribution is 0.452. The minimum atomic E-state index is 0. The van der Waals surface area contributed by atoms with Gasteiger partial charge in [-0.15, -0.1) is 12.4 Å². The molecule has 1 aliphatic heterocycles. The molecule has 0 unspecified atom stereocenters. The van der Waals surface area contributed by atoms with Crippen molar-refractivity contribution in [2.24, 2.45) is 0 Å². The molecule has 2 heterocycles. The van der Waals surface area contributed by atoms with Crippen LogP contribution in [-0.4, -0.2) is 18.1 Å². The van der Waals surface area contributed by atoms with Crippen LogP contribution in [0.3, 0.4) is 0 Å². The molecule has 0 saturated carbocycles. The zero-order valence-electron chi connectivity index (χ0n) is 8.88. The van der Waals surface area contributed by atoms with Crippen LogP contribution in [0.2, 0.25) is 0 Å². The third-order valence-corrected chi connectivity index (χ3v) is 2.78. The first-order valence-corrected chi connectivity index (χ1v) is 5.17. The normalized spacial score (nSPS) is 17.1. The van der Waals surface area contributed by atoms with Crippen molar-refractivity contribution >= 4 is 12.4 Å². The van der Waals surface area contributed by atoms with Crippen LogP contribution in [0.5, 0.6) is 0 Å². The van der Waals surface area contributed by atoms with Crippen LogP contribution in [-0.2, 0) is 0 Å². The summed E-state index contributed by atoms with van der Waals surface area (Å²) in [6.07, 6.45) is 2.25. The van der Waals surface area contributed by atoms with Gasteiger partial charge in [-0.3, -0.25) is 4.79 Å². The third kappa shape index (κ3) is 3.08. The average Bonchev–Trinajstić information content (AvgIpc) is 2.18. The highest BCUT2D eigenvalue weighted by Crippen LogP contribution is 2.22. The number of piperidine rings is 1. The van der Waals surface area contributed by atoms with Crippen molar-refractivity contribution < 1.29 is 0 Å². The molecule has 0 spiro atoms. The first-order valence-electron chi connectivity index (χ1n) is 5.17. The Morgan fingerprint density at radius 3 is 2.53 bits per heavy atom. The van der Waals surface area contributed by atoms with E-state index >= 15 is 0 Å². The van der Waals surface area contributed by atoms with E-state index in [9.17, 15) is 4.79 Å². The van der Waals surface area contributed by atoms with Crippen LogP contribution in [0.4, 0.5) is 0 Å². The van der Waals surface area contributed by atoms with Crippen LogP contribution in [0.1, 0.15) is 30.1 Å². The number of pyridine rings is 1. The summed E-state index contributed by atoms with van der Waals surface area (Å²) in [6, 6.07) is 3.38. The van der Waals surface area contributed by atoms with E-state index in [1.54, 1.807) is 12.1 Å². The molecule has 1 fully saturated rings. The van der Waals surface area contributed by atoms with Gasteiger partial charge in [-0.2, -0.15) is 0 Å². The number of H-pyrrole nitrogens is 1. The van der Waals surface area contributed by atoms with E-state index in [0.717, 1.165) is 37.3 Å². The Labute approximate surface area is 95.7 Å². The van der Waals surface area contributed by atoms with Crippen molar-refractivity contribution in [2.75, 3.05) is 13.1 Å². The van der Waals surface area contributed by atoms with Crippen molar-refractivity contribution in [3.05, 3.63) is 33.7 Å². The summed E-state index contributed by atoms with van der Waals surface area (Å²) >= 11 is 0. The van der Waals surface area contributed by atoms with E-state index in [1.165, 1.54) is 0 Å². The molecule has 0 aliphatic carbocycles. The molecule has 84 valence electrons. The van der Waals surface area contributed by atoms with Crippen molar-refractivity contribution in [2.45, 2.75) is 25.7 Å².